The third-order valence-corrected chi connectivity index (χ3v) is 4.56. The SMILES string of the molecule is O=C(N/N=C/c1c[nH]c2ccccc12)[C@@H]1CC(=O)N(c2ccccc2)C1. The summed E-state index contributed by atoms with van der Waals surface area (Å²) in [7, 11) is 0. The van der Waals surface area contributed by atoms with Gasteiger partial charge in [0.15, 0.2) is 0 Å². The molecule has 0 saturated carbocycles. The number of rotatable bonds is 4. The molecule has 4 rings (SSSR count). The number of aromatic amines is 1. The molecule has 1 aliphatic heterocycles. The second-order valence-electron chi connectivity index (χ2n) is 6.26. The molecule has 1 saturated heterocycles. The summed E-state index contributed by atoms with van der Waals surface area (Å²) in [5, 5.41) is 5.10. The number of amides is 2. The Balaban J connectivity index is 1.40. The maximum absolute atomic E-state index is 12.3. The van der Waals surface area contributed by atoms with Gasteiger partial charge in [-0.05, 0) is 18.2 Å². The zero-order valence-corrected chi connectivity index (χ0v) is 14.1. The van der Waals surface area contributed by atoms with Crippen molar-refractivity contribution in [1.29, 1.82) is 0 Å². The fraction of sp³-hybridized carbons (Fsp3) is 0.150. The Morgan fingerprint density at radius 1 is 1.15 bits per heavy atom. The number of benzene rings is 2. The lowest BCUT2D eigenvalue weighted by molar-refractivity contribution is -0.126. The van der Waals surface area contributed by atoms with Gasteiger partial charge < -0.3 is 9.88 Å². The van der Waals surface area contributed by atoms with Crippen LogP contribution in [0, 0.1) is 5.92 Å². The zero-order valence-electron chi connectivity index (χ0n) is 14.1. The Hall–Kier alpha value is -3.41. The Morgan fingerprint density at radius 2 is 1.92 bits per heavy atom. The van der Waals surface area contributed by atoms with Crippen LogP contribution in [0.4, 0.5) is 5.69 Å². The first-order chi connectivity index (χ1) is 12.7. The molecule has 1 aliphatic rings. The van der Waals surface area contributed by atoms with E-state index in [9.17, 15) is 9.59 Å². The minimum atomic E-state index is -0.400. The lowest BCUT2D eigenvalue weighted by Crippen LogP contribution is -2.30. The van der Waals surface area contributed by atoms with Crippen molar-refractivity contribution in [1.82, 2.24) is 10.4 Å². The third kappa shape index (κ3) is 3.09. The first-order valence-corrected chi connectivity index (χ1v) is 8.47. The molecule has 0 spiro atoms. The number of hydrogen-bond donors (Lipinski definition) is 2. The van der Waals surface area contributed by atoms with E-state index in [1.165, 1.54) is 0 Å². The van der Waals surface area contributed by atoms with Gasteiger partial charge in [0.1, 0.15) is 0 Å². The van der Waals surface area contributed by atoms with Crippen LogP contribution in [0.3, 0.4) is 0 Å². The first kappa shape index (κ1) is 16.1. The van der Waals surface area contributed by atoms with Crippen LogP contribution in [-0.2, 0) is 9.59 Å². The number of carbonyl (C=O) groups is 2. The Labute approximate surface area is 150 Å². The van der Waals surface area contributed by atoms with Gasteiger partial charge in [0.25, 0.3) is 0 Å². The zero-order chi connectivity index (χ0) is 17.9. The molecule has 6 nitrogen and oxygen atoms in total. The number of hydrogen-bond acceptors (Lipinski definition) is 3. The summed E-state index contributed by atoms with van der Waals surface area (Å²) in [5.74, 6) is -0.687. The second kappa shape index (κ2) is 6.84. The highest BCUT2D eigenvalue weighted by Crippen LogP contribution is 2.24. The van der Waals surface area contributed by atoms with Gasteiger partial charge in [-0.25, -0.2) is 5.43 Å². The molecular formula is C20H18N4O2. The molecule has 2 aromatic carbocycles. The van der Waals surface area contributed by atoms with Gasteiger partial charge in [0, 0.05) is 41.3 Å². The highest BCUT2D eigenvalue weighted by molar-refractivity contribution is 6.01. The van der Waals surface area contributed by atoms with Crippen LogP contribution in [0.5, 0.6) is 0 Å². The predicted octanol–water partition coefficient (Wildman–Crippen LogP) is 2.67. The molecule has 2 heterocycles. The van der Waals surface area contributed by atoms with Crippen molar-refractivity contribution in [3.63, 3.8) is 0 Å². The van der Waals surface area contributed by atoms with Crippen LogP contribution in [0.1, 0.15) is 12.0 Å². The Kier molecular flexibility index (Phi) is 4.23. The van der Waals surface area contributed by atoms with Crippen LogP contribution < -0.4 is 10.3 Å². The summed E-state index contributed by atoms with van der Waals surface area (Å²) in [4.78, 5) is 29.4. The third-order valence-electron chi connectivity index (χ3n) is 4.56. The smallest absolute Gasteiger partial charge is 0.245 e. The molecular weight excluding hydrogens is 328 g/mol. The number of H-pyrrole nitrogens is 1. The van der Waals surface area contributed by atoms with E-state index in [1.54, 1.807) is 11.1 Å². The van der Waals surface area contributed by atoms with Crippen molar-refractivity contribution < 1.29 is 9.59 Å². The molecule has 0 radical (unpaired) electrons. The van der Waals surface area contributed by atoms with Gasteiger partial charge in [-0.3, -0.25) is 9.59 Å². The molecule has 130 valence electrons. The molecule has 26 heavy (non-hydrogen) atoms. The molecule has 3 aromatic rings. The summed E-state index contributed by atoms with van der Waals surface area (Å²) < 4.78 is 0. The quantitative estimate of drug-likeness (QED) is 0.563. The predicted molar refractivity (Wildman–Crippen MR) is 101 cm³/mol. The number of nitrogens with zero attached hydrogens (tertiary/aromatic N) is 2. The van der Waals surface area contributed by atoms with Gasteiger partial charge in [0.05, 0.1) is 12.1 Å². The van der Waals surface area contributed by atoms with Gasteiger partial charge in [-0.15, -0.1) is 0 Å². The summed E-state index contributed by atoms with van der Waals surface area (Å²) in [6.07, 6.45) is 3.66. The van der Waals surface area contributed by atoms with E-state index in [0.29, 0.717) is 6.54 Å². The highest BCUT2D eigenvalue weighted by atomic mass is 16.2. The van der Waals surface area contributed by atoms with Crippen LogP contribution >= 0.6 is 0 Å². The summed E-state index contributed by atoms with van der Waals surface area (Å²) in [6, 6.07) is 17.3. The number of hydrazone groups is 1. The van der Waals surface area contributed by atoms with Crippen LogP contribution in [0.25, 0.3) is 10.9 Å². The molecule has 1 aromatic heterocycles. The molecule has 1 atom stereocenters. The first-order valence-electron chi connectivity index (χ1n) is 8.47. The maximum atomic E-state index is 12.3. The van der Waals surface area contributed by atoms with Crippen molar-refractivity contribution in [2.45, 2.75) is 6.42 Å². The lowest BCUT2D eigenvalue weighted by atomic mass is 10.1. The van der Waals surface area contributed by atoms with Gasteiger partial charge >= 0.3 is 0 Å². The monoisotopic (exact) mass is 346 g/mol. The van der Waals surface area contributed by atoms with E-state index in [4.69, 9.17) is 0 Å². The average molecular weight is 346 g/mol. The fourth-order valence-electron chi connectivity index (χ4n) is 3.20. The minimum Gasteiger partial charge on any atom is -0.361 e. The number of aromatic nitrogens is 1. The summed E-state index contributed by atoms with van der Waals surface area (Å²) in [6.45, 7) is 0.372. The van der Waals surface area contributed by atoms with Crippen molar-refractivity contribution in [2.75, 3.05) is 11.4 Å². The normalized spacial score (nSPS) is 17.3. The number of nitrogens with one attached hydrogen (secondary N) is 2. The van der Waals surface area contributed by atoms with E-state index in [2.05, 4.69) is 15.5 Å². The van der Waals surface area contributed by atoms with Crippen molar-refractivity contribution in [3.05, 3.63) is 66.4 Å². The average Bonchev–Trinajstić information content (AvgIpc) is 3.26. The van der Waals surface area contributed by atoms with E-state index < -0.39 is 5.92 Å². The topological polar surface area (TPSA) is 77.6 Å². The molecule has 0 aliphatic carbocycles. The van der Waals surface area contributed by atoms with Crippen molar-refractivity contribution in [2.24, 2.45) is 11.0 Å². The molecule has 2 amide bonds. The number of anilines is 1. The largest absolute Gasteiger partial charge is 0.361 e. The number of carbonyl (C=O) groups excluding carboxylic acids is 2. The molecule has 1 fully saturated rings. The van der Waals surface area contributed by atoms with Crippen molar-refractivity contribution in [3.8, 4) is 0 Å². The lowest BCUT2D eigenvalue weighted by Gasteiger charge is -2.16. The maximum Gasteiger partial charge on any atom is 0.245 e. The number of fused-ring (bicyclic) bond motifs is 1. The van der Waals surface area contributed by atoms with E-state index in [1.807, 2.05) is 60.8 Å². The molecule has 0 bridgehead atoms. The molecule has 0 unspecified atom stereocenters. The molecule has 2 N–H and O–H groups in total. The Bertz CT molecular complexity index is 978. The standard InChI is InChI=1S/C20H18N4O2/c25-19-10-14(13-24(19)16-6-2-1-3-7-16)20(26)23-22-12-15-11-21-18-9-5-4-8-17(15)18/h1-9,11-12,14,21H,10,13H2,(H,23,26)/b22-12+/t14-/m1/s1. The van der Waals surface area contributed by atoms with Gasteiger partial charge in [0.2, 0.25) is 11.8 Å². The van der Waals surface area contributed by atoms with Crippen LogP contribution in [-0.4, -0.2) is 29.6 Å². The van der Waals surface area contributed by atoms with Crippen LogP contribution in [0.15, 0.2) is 65.9 Å². The van der Waals surface area contributed by atoms with E-state index >= 15 is 0 Å². The van der Waals surface area contributed by atoms with Gasteiger partial charge in [-0.2, -0.15) is 5.10 Å². The van der Waals surface area contributed by atoms with E-state index in [-0.39, 0.29) is 18.2 Å². The number of para-hydroxylation sites is 2. The summed E-state index contributed by atoms with van der Waals surface area (Å²) >= 11 is 0. The fourth-order valence-corrected chi connectivity index (χ4v) is 3.20. The molecule has 6 heteroatoms. The van der Waals surface area contributed by atoms with Gasteiger partial charge in [-0.1, -0.05) is 36.4 Å². The van der Waals surface area contributed by atoms with E-state index in [0.717, 1.165) is 22.2 Å². The minimum absolute atomic E-state index is 0.0445. The highest BCUT2D eigenvalue weighted by Gasteiger charge is 2.34. The summed E-state index contributed by atoms with van der Waals surface area (Å²) in [5.41, 5.74) is 5.28. The van der Waals surface area contributed by atoms with Crippen molar-refractivity contribution >= 4 is 34.6 Å². The second-order valence-corrected chi connectivity index (χ2v) is 6.26. The Morgan fingerprint density at radius 3 is 2.77 bits per heavy atom. The van der Waals surface area contributed by atoms with Crippen LogP contribution in [0.2, 0.25) is 0 Å².